The minimum absolute atomic E-state index is 0.351. The Morgan fingerprint density at radius 3 is 2.52 bits per heavy atom. The molecule has 25 heavy (non-hydrogen) atoms. The Morgan fingerprint density at radius 1 is 1.40 bits per heavy atom. The average molecular weight is 363 g/mol. The summed E-state index contributed by atoms with van der Waals surface area (Å²) in [4.78, 5) is 24.7. The fraction of sp³-hybridized carbons (Fsp3) is 0.533. The first-order valence-electron chi connectivity index (χ1n) is 7.53. The van der Waals surface area contributed by atoms with E-state index in [4.69, 9.17) is 14.6 Å². The summed E-state index contributed by atoms with van der Waals surface area (Å²) in [6.45, 7) is 2.99. The van der Waals surface area contributed by atoms with Crippen LogP contribution in [-0.2, 0) is 9.53 Å². The van der Waals surface area contributed by atoms with E-state index >= 15 is 0 Å². The number of rotatable bonds is 4. The van der Waals surface area contributed by atoms with E-state index in [0.717, 1.165) is 32.5 Å². The van der Waals surface area contributed by atoms with E-state index in [1.165, 1.54) is 7.11 Å². The molecule has 0 aliphatic carbocycles. The number of hydrogen-bond acceptors (Lipinski definition) is 6. The van der Waals surface area contributed by atoms with Crippen molar-refractivity contribution in [2.75, 3.05) is 32.1 Å². The van der Waals surface area contributed by atoms with Gasteiger partial charge in [-0.25, -0.2) is 14.6 Å². The number of ether oxygens (including phenoxy) is 1. The number of halogens is 3. The molecular weight excluding hydrogens is 343 g/mol. The second-order valence-electron chi connectivity index (χ2n) is 5.27. The number of hydrogen-bond donors (Lipinski definition) is 3. The minimum Gasteiger partial charge on any atom is -0.475 e. The van der Waals surface area contributed by atoms with Crippen LogP contribution in [0.3, 0.4) is 0 Å². The lowest BCUT2D eigenvalue weighted by Crippen LogP contribution is -2.31. The fourth-order valence-corrected chi connectivity index (χ4v) is 2.15. The molecule has 1 fully saturated rings. The highest BCUT2D eigenvalue weighted by Crippen LogP contribution is 2.16. The number of nitrogens with zero attached hydrogens (tertiary/aromatic N) is 1. The molecule has 3 N–H and O–H groups in total. The number of carboxylic acids is 1. The average Bonchev–Trinajstić information content (AvgIpc) is 2.60. The predicted octanol–water partition coefficient (Wildman–Crippen LogP) is 1.91. The zero-order chi connectivity index (χ0) is 18.9. The van der Waals surface area contributed by atoms with Crippen molar-refractivity contribution in [3.8, 4) is 0 Å². The first-order valence-corrected chi connectivity index (χ1v) is 7.53. The van der Waals surface area contributed by atoms with Gasteiger partial charge in [-0.2, -0.15) is 13.2 Å². The summed E-state index contributed by atoms with van der Waals surface area (Å²) >= 11 is 0. The number of methoxy groups -OCH3 is 1. The first-order chi connectivity index (χ1) is 11.8. The van der Waals surface area contributed by atoms with Crippen LogP contribution >= 0.6 is 0 Å². The van der Waals surface area contributed by atoms with Gasteiger partial charge in [-0.15, -0.1) is 0 Å². The number of pyridine rings is 1. The molecule has 0 spiro atoms. The third kappa shape index (κ3) is 7.38. The van der Waals surface area contributed by atoms with Crippen molar-refractivity contribution in [2.45, 2.75) is 19.0 Å². The highest BCUT2D eigenvalue weighted by Gasteiger charge is 2.38. The molecule has 0 saturated carbocycles. The van der Waals surface area contributed by atoms with Crippen molar-refractivity contribution in [3.05, 3.63) is 23.9 Å². The Kier molecular flexibility index (Phi) is 8.12. The number of nitrogens with one attached hydrogen (secondary N) is 2. The molecule has 0 unspecified atom stereocenters. The van der Waals surface area contributed by atoms with Crippen molar-refractivity contribution in [1.82, 2.24) is 10.3 Å². The fourth-order valence-electron chi connectivity index (χ4n) is 2.15. The summed E-state index contributed by atoms with van der Waals surface area (Å²) in [6.07, 6.45) is -1.09. The normalized spacial score (nSPS) is 14.9. The monoisotopic (exact) mass is 363 g/mol. The SMILES string of the molecule is COC(=O)c1cccnc1NCC1CCNCC1.O=C(O)C(F)(F)F. The maximum atomic E-state index is 11.6. The third-order valence-electron chi connectivity index (χ3n) is 3.47. The molecule has 7 nitrogen and oxygen atoms in total. The van der Waals surface area contributed by atoms with Crippen LogP contribution in [0.5, 0.6) is 0 Å². The van der Waals surface area contributed by atoms with Crippen LogP contribution in [0.1, 0.15) is 23.2 Å². The lowest BCUT2D eigenvalue weighted by Gasteiger charge is -2.23. The first kappa shape index (κ1) is 20.7. The summed E-state index contributed by atoms with van der Waals surface area (Å²) in [6, 6.07) is 3.46. The van der Waals surface area contributed by atoms with Crippen LogP contribution < -0.4 is 10.6 Å². The Morgan fingerprint density at radius 2 is 2.00 bits per heavy atom. The molecule has 0 radical (unpaired) electrons. The van der Waals surface area contributed by atoms with E-state index in [-0.39, 0.29) is 5.97 Å². The van der Waals surface area contributed by atoms with Gasteiger partial charge in [0.25, 0.3) is 0 Å². The van der Waals surface area contributed by atoms with Crippen molar-refractivity contribution in [3.63, 3.8) is 0 Å². The second kappa shape index (κ2) is 9.82. The lowest BCUT2D eigenvalue weighted by molar-refractivity contribution is -0.192. The molecule has 0 atom stereocenters. The van der Waals surface area contributed by atoms with Gasteiger partial charge < -0.3 is 20.5 Å². The zero-order valence-corrected chi connectivity index (χ0v) is 13.6. The highest BCUT2D eigenvalue weighted by atomic mass is 19.4. The summed E-state index contributed by atoms with van der Waals surface area (Å²) in [5, 5.41) is 13.7. The number of piperidine rings is 1. The standard InChI is InChI=1S/C13H19N3O2.C2HF3O2/c1-18-13(17)11-3-2-6-15-12(11)16-9-10-4-7-14-8-5-10;3-2(4,5)1(6)7/h2-3,6,10,14H,4-5,7-9H2,1H3,(H,15,16);(H,6,7). The number of esters is 1. The van der Waals surface area contributed by atoms with Gasteiger partial charge in [0.05, 0.1) is 7.11 Å². The zero-order valence-electron chi connectivity index (χ0n) is 13.6. The smallest absolute Gasteiger partial charge is 0.475 e. The summed E-state index contributed by atoms with van der Waals surface area (Å²) in [7, 11) is 1.38. The Bertz CT molecular complexity index is 575. The molecule has 1 aromatic heterocycles. The number of aliphatic carboxylic acids is 1. The van der Waals surface area contributed by atoms with Crippen LogP contribution in [0.25, 0.3) is 0 Å². The van der Waals surface area contributed by atoms with Gasteiger partial charge >= 0.3 is 18.1 Å². The van der Waals surface area contributed by atoms with Crippen molar-refractivity contribution in [1.29, 1.82) is 0 Å². The van der Waals surface area contributed by atoms with E-state index in [2.05, 4.69) is 15.6 Å². The van der Waals surface area contributed by atoms with Gasteiger partial charge in [0.1, 0.15) is 11.4 Å². The number of carbonyl (C=O) groups excluding carboxylic acids is 1. The van der Waals surface area contributed by atoms with E-state index in [0.29, 0.717) is 17.3 Å². The van der Waals surface area contributed by atoms with Crippen molar-refractivity contribution in [2.24, 2.45) is 5.92 Å². The summed E-state index contributed by atoms with van der Waals surface area (Å²) in [5.41, 5.74) is 0.494. The molecule has 2 rings (SSSR count). The number of carboxylic acid groups (broad SMARTS) is 1. The van der Waals surface area contributed by atoms with Crippen LogP contribution in [0.2, 0.25) is 0 Å². The molecule has 1 saturated heterocycles. The molecule has 0 amide bonds. The minimum atomic E-state index is -5.08. The molecular formula is C15H20F3N3O4. The van der Waals surface area contributed by atoms with Gasteiger partial charge in [0, 0.05) is 12.7 Å². The van der Waals surface area contributed by atoms with Crippen LogP contribution in [0.15, 0.2) is 18.3 Å². The third-order valence-corrected chi connectivity index (χ3v) is 3.47. The summed E-state index contributed by atoms with van der Waals surface area (Å²) < 4.78 is 36.5. The topological polar surface area (TPSA) is 101 Å². The molecule has 0 aromatic carbocycles. The van der Waals surface area contributed by atoms with E-state index in [1.807, 2.05) is 0 Å². The molecule has 1 aliphatic rings. The number of aromatic nitrogens is 1. The van der Waals surface area contributed by atoms with Crippen LogP contribution in [0.4, 0.5) is 19.0 Å². The van der Waals surface area contributed by atoms with Gasteiger partial charge in [0.15, 0.2) is 0 Å². The van der Waals surface area contributed by atoms with Gasteiger partial charge in [0.2, 0.25) is 0 Å². The van der Waals surface area contributed by atoms with Gasteiger partial charge in [-0.1, -0.05) is 0 Å². The quantitative estimate of drug-likeness (QED) is 0.703. The molecule has 1 aromatic rings. The molecule has 0 bridgehead atoms. The number of alkyl halides is 3. The van der Waals surface area contributed by atoms with E-state index in [1.54, 1.807) is 18.3 Å². The highest BCUT2D eigenvalue weighted by molar-refractivity contribution is 5.94. The molecule has 10 heteroatoms. The van der Waals surface area contributed by atoms with Crippen LogP contribution in [-0.4, -0.2) is 54.9 Å². The van der Waals surface area contributed by atoms with Crippen molar-refractivity contribution >= 4 is 17.8 Å². The van der Waals surface area contributed by atoms with Crippen molar-refractivity contribution < 1.29 is 32.6 Å². The Labute approximate surface area is 142 Å². The van der Waals surface area contributed by atoms with Gasteiger partial charge in [-0.3, -0.25) is 0 Å². The van der Waals surface area contributed by atoms with Crippen LogP contribution in [0, 0.1) is 5.92 Å². The number of carbonyl (C=O) groups is 2. The Hall–Kier alpha value is -2.36. The maximum absolute atomic E-state index is 11.6. The van der Waals surface area contributed by atoms with Gasteiger partial charge in [-0.05, 0) is 44.0 Å². The molecule has 2 heterocycles. The lowest BCUT2D eigenvalue weighted by atomic mass is 9.98. The predicted molar refractivity (Wildman–Crippen MR) is 83.4 cm³/mol. The molecule has 1 aliphatic heterocycles. The Balaban J connectivity index is 0.000000381. The van der Waals surface area contributed by atoms with E-state index in [9.17, 15) is 18.0 Å². The summed E-state index contributed by atoms with van der Waals surface area (Å²) in [5.74, 6) is -1.86. The van der Waals surface area contributed by atoms with E-state index < -0.39 is 12.1 Å². The molecule has 140 valence electrons. The second-order valence-corrected chi connectivity index (χ2v) is 5.27. The number of anilines is 1. The largest absolute Gasteiger partial charge is 0.490 e. The maximum Gasteiger partial charge on any atom is 0.490 e.